The highest BCUT2D eigenvalue weighted by molar-refractivity contribution is 5.65. The number of nitrogens with zero attached hydrogens (tertiary/aromatic N) is 3. The van der Waals surface area contributed by atoms with Gasteiger partial charge >= 0.3 is 0 Å². The largest absolute Gasteiger partial charge is 0.340 e. The van der Waals surface area contributed by atoms with Crippen LogP contribution in [0, 0.1) is 6.92 Å². The molecule has 0 fully saturated rings. The van der Waals surface area contributed by atoms with E-state index in [1.807, 2.05) is 18.3 Å². The van der Waals surface area contributed by atoms with Crippen molar-refractivity contribution in [2.45, 2.75) is 26.2 Å². The second kappa shape index (κ2) is 5.80. The second-order valence-electron chi connectivity index (χ2n) is 5.91. The fraction of sp³-hybridized carbons (Fsp3) is 0.211. The number of benzene rings is 1. The molecule has 114 valence electrons. The van der Waals surface area contributed by atoms with E-state index in [0.29, 0.717) is 0 Å². The van der Waals surface area contributed by atoms with Crippen LogP contribution in [0.1, 0.15) is 23.2 Å². The Bertz CT molecular complexity index is 826. The third-order valence-electron chi connectivity index (χ3n) is 4.17. The normalized spacial score (nSPS) is 12.9. The topological polar surface area (TPSA) is 50.7 Å². The van der Waals surface area contributed by atoms with E-state index >= 15 is 0 Å². The molecular weight excluding hydrogens is 284 g/mol. The monoisotopic (exact) mass is 302 g/mol. The summed E-state index contributed by atoms with van der Waals surface area (Å²) >= 11 is 0. The van der Waals surface area contributed by atoms with Crippen molar-refractivity contribution in [3.05, 3.63) is 65.6 Å². The van der Waals surface area contributed by atoms with E-state index in [1.54, 1.807) is 6.20 Å². The number of hydrogen-bond donors (Lipinski definition) is 1. The molecule has 1 aliphatic carbocycles. The van der Waals surface area contributed by atoms with Gasteiger partial charge in [0.25, 0.3) is 0 Å². The SMILES string of the molecule is Cc1ccc(Nc2nc(-c3cccnc3)nc3c2CCC3)cc1. The van der Waals surface area contributed by atoms with Gasteiger partial charge in [-0.1, -0.05) is 17.7 Å². The average molecular weight is 302 g/mol. The lowest BCUT2D eigenvalue weighted by Crippen LogP contribution is -2.03. The van der Waals surface area contributed by atoms with Gasteiger partial charge in [-0.05, 0) is 50.5 Å². The lowest BCUT2D eigenvalue weighted by Gasteiger charge is -2.12. The Labute approximate surface area is 135 Å². The molecule has 0 aliphatic heterocycles. The molecule has 4 rings (SSSR count). The fourth-order valence-corrected chi connectivity index (χ4v) is 2.93. The summed E-state index contributed by atoms with van der Waals surface area (Å²) in [6, 6.07) is 12.3. The van der Waals surface area contributed by atoms with Gasteiger partial charge in [-0.15, -0.1) is 0 Å². The minimum absolute atomic E-state index is 0.744. The first-order chi connectivity index (χ1) is 11.3. The molecule has 0 radical (unpaired) electrons. The molecule has 4 nitrogen and oxygen atoms in total. The van der Waals surface area contributed by atoms with E-state index in [0.717, 1.165) is 47.8 Å². The van der Waals surface area contributed by atoms with Crippen LogP contribution in [0.2, 0.25) is 0 Å². The van der Waals surface area contributed by atoms with Crippen LogP contribution in [0.15, 0.2) is 48.8 Å². The van der Waals surface area contributed by atoms with Crippen LogP contribution in [-0.4, -0.2) is 15.0 Å². The van der Waals surface area contributed by atoms with E-state index < -0.39 is 0 Å². The average Bonchev–Trinajstić information content (AvgIpc) is 3.06. The summed E-state index contributed by atoms with van der Waals surface area (Å²) in [5.41, 5.74) is 5.67. The summed E-state index contributed by atoms with van der Waals surface area (Å²) in [6.45, 7) is 2.09. The lowest BCUT2D eigenvalue weighted by atomic mass is 10.2. The third-order valence-corrected chi connectivity index (χ3v) is 4.17. The van der Waals surface area contributed by atoms with Crippen LogP contribution in [0.3, 0.4) is 0 Å². The highest BCUT2D eigenvalue weighted by Gasteiger charge is 2.20. The van der Waals surface area contributed by atoms with E-state index in [2.05, 4.69) is 41.5 Å². The van der Waals surface area contributed by atoms with Crippen molar-refractivity contribution in [2.24, 2.45) is 0 Å². The van der Waals surface area contributed by atoms with Gasteiger partial charge in [-0.2, -0.15) is 0 Å². The van der Waals surface area contributed by atoms with Crippen LogP contribution < -0.4 is 5.32 Å². The van der Waals surface area contributed by atoms with Crippen LogP contribution in [0.25, 0.3) is 11.4 Å². The Balaban J connectivity index is 1.76. The predicted molar refractivity (Wildman–Crippen MR) is 91.7 cm³/mol. The quantitative estimate of drug-likeness (QED) is 0.792. The zero-order valence-electron chi connectivity index (χ0n) is 13.1. The first-order valence-electron chi connectivity index (χ1n) is 7.93. The van der Waals surface area contributed by atoms with Crippen molar-refractivity contribution >= 4 is 11.5 Å². The summed E-state index contributed by atoms with van der Waals surface area (Å²) < 4.78 is 0. The number of pyridine rings is 1. The standard InChI is InChI=1S/C19H18N4/c1-13-7-9-15(10-8-13)21-19-16-5-2-6-17(16)22-18(23-19)14-4-3-11-20-12-14/h3-4,7-12H,2,5-6H2,1H3,(H,21,22,23). The number of nitrogens with one attached hydrogen (secondary N) is 1. The molecule has 4 heteroatoms. The number of rotatable bonds is 3. The Morgan fingerprint density at radius 1 is 1.00 bits per heavy atom. The third kappa shape index (κ3) is 2.80. The first kappa shape index (κ1) is 13.9. The molecule has 2 aromatic heterocycles. The van der Waals surface area contributed by atoms with Crippen LogP contribution in [0.4, 0.5) is 11.5 Å². The summed E-state index contributed by atoms with van der Waals surface area (Å²) in [7, 11) is 0. The molecule has 0 saturated heterocycles. The summed E-state index contributed by atoms with van der Waals surface area (Å²) in [6.07, 6.45) is 6.78. The van der Waals surface area contributed by atoms with E-state index in [4.69, 9.17) is 9.97 Å². The molecule has 0 atom stereocenters. The summed E-state index contributed by atoms with van der Waals surface area (Å²) in [5.74, 6) is 1.67. The Morgan fingerprint density at radius 2 is 1.87 bits per heavy atom. The van der Waals surface area contributed by atoms with Gasteiger partial charge in [0.05, 0.1) is 0 Å². The van der Waals surface area contributed by atoms with Gasteiger partial charge in [0.1, 0.15) is 5.82 Å². The van der Waals surface area contributed by atoms with E-state index in [9.17, 15) is 0 Å². The van der Waals surface area contributed by atoms with Crippen molar-refractivity contribution in [3.63, 3.8) is 0 Å². The zero-order chi connectivity index (χ0) is 15.6. The molecule has 2 heterocycles. The molecular formula is C19H18N4. The summed E-state index contributed by atoms with van der Waals surface area (Å²) in [4.78, 5) is 13.7. The highest BCUT2D eigenvalue weighted by Crippen LogP contribution is 2.30. The number of anilines is 2. The van der Waals surface area contributed by atoms with Crippen molar-refractivity contribution in [1.82, 2.24) is 15.0 Å². The number of hydrogen-bond acceptors (Lipinski definition) is 4. The van der Waals surface area contributed by atoms with Gasteiger partial charge in [-0.25, -0.2) is 9.97 Å². The molecule has 0 amide bonds. The molecule has 0 saturated carbocycles. The first-order valence-corrected chi connectivity index (χ1v) is 7.93. The van der Waals surface area contributed by atoms with Crippen molar-refractivity contribution < 1.29 is 0 Å². The van der Waals surface area contributed by atoms with Crippen molar-refractivity contribution in [1.29, 1.82) is 0 Å². The van der Waals surface area contributed by atoms with E-state index in [-0.39, 0.29) is 0 Å². The summed E-state index contributed by atoms with van der Waals surface area (Å²) in [5, 5.41) is 3.47. The Morgan fingerprint density at radius 3 is 2.65 bits per heavy atom. The van der Waals surface area contributed by atoms with Gasteiger partial charge in [-0.3, -0.25) is 4.98 Å². The number of fused-ring (bicyclic) bond motifs is 1. The Kier molecular flexibility index (Phi) is 3.50. The Hall–Kier alpha value is -2.75. The molecule has 3 aromatic rings. The van der Waals surface area contributed by atoms with Gasteiger partial charge < -0.3 is 5.32 Å². The van der Waals surface area contributed by atoms with Crippen LogP contribution in [-0.2, 0) is 12.8 Å². The minimum Gasteiger partial charge on any atom is -0.340 e. The molecule has 1 N–H and O–H groups in total. The molecule has 0 bridgehead atoms. The van der Waals surface area contributed by atoms with Gasteiger partial charge in [0.15, 0.2) is 5.82 Å². The number of aromatic nitrogens is 3. The van der Waals surface area contributed by atoms with Crippen molar-refractivity contribution in [3.8, 4) is 11.4 Å². The molecule has 23 heavy (non-hydrogen) atoms. The lowest BCUT2D eigenvalue weighted by molar-refractivity contribution is 0.900. The highest BCUT2D eigenvalue weighted by atomic mass is 15.0. The fourth-order valence-electron chi connectivity index (χ4n) is 2.93. The van der Waals surface area contributed by atoms with Gasteiger partial charge in [0.2, 0.25) is 0 Å². The smallest absolute Gasteiger partial charge is 0.163 e. The molecule has 1 aromatic carbocycles. The van der Waals surface area contributed by atoms with E-state index in [1.165, 1.54) is 11.1 Å². The molecule has 1 aliphatic rings. The second-order valence-corrected chi connectivity index (χ2v) is 5.91. The molecule has 0 spiro atoms. The minimum atomic E-state index is 0.744. The maximum Gasteiger partial charge on any atom is 0.163 e. The molecule has 0 unspecified atom stereocenters. The van der Waals surface area contributed by atoms with Crippen LogP contribution in [0.5, 0.6) is 0 Å². The maximum absolute atomic E-state index is 4.77. The van der Waals surface area contributed by atoms with Crippen molar-refractivity contribution in [2.75, 3.05) is 5.32 Å². The number of aryl methyl sites for hydroxylation is 2. The zero-order valence-corrected chi connectivity index (χ0v) is 13.1. The van der Waals surface area contributed by atoms with Crippen LogP contribution >= 0.6 is 0 Å². The van der Waals surface area contributed by atoms with Gasteiger partial charge in [0, 0.05) is 34.9 Å². The predicted octanol–water partition coefficient (Wildman–Crippen LogP) is 4.08. The maximum atomic E-state index is 4.77.